The predicted molar refractivity (Wildman–Crippen MR) is 69.1 cm³/mol. The zero-order chi connectivity index (χ0) is 12.3. The van der Waals surface area contributed by atoms with E-state index >= 15 is 0 Å². The van der Waals surface area contributed by atoms with Crippen LogP contribution in [0.15, 0.2) is 36.2 Å². The number of thiophene rings is 1. The van der Waals surface area contributed by atoms with Crippen molar-refractivity contribution in [3.63, 3.8) is 0 Å². The molecule has 0 aliphatic rings. The third kappa shape index (κ3) is 2.45. The van der Waals surface area contributed by atoms with Crippen LogP contribution in [-0.4, -0.2) is 22.2 Å². The van der Waals surface area contributed by atoms with E-state index in [-0.39, 0.29) is 5.91 Å². The second-order valence-corrected chi connectivity index (χ2v) is 4.46. The lowest BCUT2D eigenvalue weighted by Crippen LogP contribution is -2.25. The Morgan fingerprint density at radius 1 is 1.71 bits per heavy atom. The first-order chi connectivity index (χ1) is 8.22. The monoisotopic (exact) mass is 247 g/mol. The number of carbonyl (C=O) groups is 1. The van der Waals surface area contributed by atoms with Gasteiger partial charge < -0.3 is 5.32 Å². The molecule has 0 saturated heterocycles. The summed E-state index contributed by atoms with van der Waals surface area (Å²) in [7, 11) is 1.76. The summed E-state index contributed by atoms with van der Waals surface area (Å²) in [4.78, 5) is 12.8. The highest BCUT2D eigenvalue weighted by Crippen LogP contribution is 2.23. The zero-order valence-electron chi connectivity index (χ0n) is 9.51. The van der Waals surface area contributed by atoms with Crippen molar-refractivity contribution in [3.8, 4) is 10.6 Å². The highest BCUT2D eigenvalue weighted by atomic mass is 32.1. The molecule has 0 aromatic carbocycles. The molecule has 2 heterocycles. The van der Waals surface area contributed by atoms with Gasteiger partial charge in [-0.15, -0.1) is 17.9 Å². The number of nitrogens with one attached hydrogen (secondary N) is 1. The van der Waals surface area contributed by atoms with Gasteiger partial charge in [0.15, 0.2) is 0 Å². The molecule has 0 aliphatic carbocycles. The Kier molecular flexibility index (Phi) is 3.39. The topological polar surface area (TPSA) is 46.9 Å². The molecule has 5 heteroatoms. The fourth-order valence-electron chi connectivity index (χ4n) is 1.48. The number of nitrogens with zero attached hydrogens (tertiary/aromatic N) is 2. The van der Waals surface area contributed by atoms with E-state index in [9.17, 15) is 4.79 Å². The summed E-state index contributed by atoms with van der Waals surface area (Å²) in [5.41, 5.74) is 1.38. The minimum absolute atomic E-state index is 0.136. The van der Waals surface area contributed by atoms with Gasteiger partial charge in [0.05, 0.1) is 4.88 Å². The van der Waals surface area contributed by atoms with Crippen molar-refractivity contribution in [2.75, 3.05) is 6.54 Å². The van der Waals surface area contributed by atoms with Crippen molar-refractivity contribution in [2.24, 2.45) is 7.05 Å². The van der Waals surface area contributed by atoms with Crippen LogP contribution in [0, 0.1) is 0 Å². The van der Waals surface area contributed by atoms with Crippen LogP contribution in [0.25, 0.3) is 10.6 Å². The van der Waals surface area contributed by atoms with Gasteiger partial charge >= 0.3 is 0 Å². The Labute approximate surface area is 104 Å². The van der Waals surface area contributed by atoms with Crippen molar-refractivity contribution >= 4 is 17.2 Å². The van der Waals surface area contributed by atoms with Gasteiger partial charge in [-0.1, -0.05) is 12.1 Å². The molecule has 2 aromatic rings. The normalized spacial score (nSPS) is 10.2. The van der Waals surface area contributed by atoms with Gasteiger partial charge in [0.1, 0.15) is 11.4 Å². The molecule has 0 unspecified atom stereocenters. The van der Waals surface area contributed by atoms with Gasteiger partial charge in [-0.2, -0.15) is 5.10 Å². The molecule has 2 aromatic heterocycles. The van der Waals surface area contributed by atoms with Crippen LogP contribution < -0.4 is 5.32 Å². The molecule has 0 fully saturated rings. The molecule has 88 valence electrons. The minimum Gasteiger partial charge on any atom is -0.347 e. The molecule has 4 nitrogen and oxygen atoms in total. The van der Waals surface area contributed by atoms with Gasteiger partial charge in [-0.05, 0) is 17.5 Å². The van der Waals surface area contributed by atoms with Crippen LogP contribution >= 0.6 is 11.3 Å². The number of carbonyl (C=O) groups excluding carboxylic acids is 1. The van der Waals surface area contributed by atoms with E-state index in [0.29, 0.717) is 12.2 Å². The van der Waals surface area contributed by atoms with E-state index in [1.165, 1.54) is 0 Å². The second-order valence-electron chi connectivity index (χ2n) is 3.51. The number of aryl methyl sites for hydroxylation is 1. The third-order valence-electron chi connectivity index (χ3n) is 2.29. The molecule has 17 heavy (non-hydrogen) atoms. The second kappa shape index (κ2) is 4.97. The summed E-state index contributed by atoms with van der Waals surface area (Å²) < 4.78 is 1.59. The first-order valence-electron chi connectivity index (χ1n) is 5.19. The minimum atomic E-state index is -0.136. The molecule has 0 bridgehead atoms. The summed E-state index contributed by atoms with van der Waals surface area (Å²) in [5.74, 6) is -0.136. The van der Waals surface area contributed by atoms with E-state index in [1.807, 2.05) is 17.5 Å². The average Bonchev–Trinajstić information content (AvgIpc) is 2.94. The van der Waals surface area contributed by atoms with Crippen LogP contribution in [0.3, 0.4) is 0 Å². The Morgan fingerprint density at radius 3 is 3.18 bits per heavy atom. The maximum absolute atomic E-state index is 11.8. The van der Waals surface area contributed by atoms with Crippen LogP contribution in [-0.2, 0) is 7.05 Å². The number of hydrogen-bond donors (Lipinski definition) is 1. The first-order valence-corrected chi connectivity index (χ1v) is 6.07. The third-order valence-corrected chi connectivity index (χ3v) is 3.19. The Balaban J connectivity index is 2.25. The lowest BCUT2D eigenvalue weighted by atomic mass is 10.3. The Morgan fingerprint density at radius 2 is 2.53 bits per heavy atom. The highest BCUT2D eigenvalue weighted by molar-refractivity contribution is 7.13. The van der Waals surface area contributed by atoms with Gasteiger partial charge in [0, 0.05) is 13.6 Å². The average molecular weight is 247 g/mol. The fraction of sp³-hybridized carbons (Fsp3) is 0.167. The van der Waals surface area contributed by atoms with E-state index in [1.54, 1.807) is 35.2 Å². The predicted octanol–water partition coefficient (Wildman–Crippen LogP) is 2.06. The van der Waals surface area contributed by atoms with Crippen molar-refractivity contribution in [2.45, 2.75) is 0 Å². The van der Waals surface area contributed by atoms with E-state index in [0.717, 1.165) is 10.6 Å². The van der Waals surface area contributed by atoms with Crippen molar-refractivity contribution in [3.05, 3.63) is 41.9 Å². The van der Waals surface area contributed by atoms with Crippen molar-refractivity contribution in [1.82, 2.24) is 15.1 Å². The summed E-state index contributed by atoms with van der Waals surface area (Å²) in [5, 5.41) is 9.04. The Hall–Kier alpha value is -1.88. The molecule has 0 spiro atoms. The molecular weight excluding hydrogens is 234 g/mol. The standard InChI is InChI=1S/C12H13N3OS/c1-3-6-13-12(16)10-8-9(14-15(10)2)11-5-4-7-17-11/h3-5,7-8H,1,6H2,2H3,(H,13,16). The van der Waals surface area contributed by atoms with Gasteiger partial charge in [-0.25, -0.2) is 0 Å². The van der Waals surface area contributed by atoms with Crippen LogP contribution in [0.1, 0.15) is 10.5 Å². The fourth-order valence-corrected chi connectivity index (χ4v) is 2.16. The van der Waals surface area contributed by atoms with E-state index in [4.69, 9.17) is 0 Å². The van der Waals surface area contributed by atoms with Crippen LogP contribution in [0.4, 0.5) is 0 Å². The van der Waals surface area contributed by atoms with Gasteiger partial charge in [0.25, 0.3) is 5.91 Å². The summed E-state index contributed by atoms with van der Waals surface area (Å²) >= 11 is 1.60. The molecule has 0 aliphatic heterocycles. The quantitative estimate of drug-likeness (QED) is 0.841. The van der Waals surface area contributed by atoms with E-state index in [2.05, 4.69) is 17.0 Å². The smallest absolute Gasteiger partial charge is 0.269 e. The largest absolute Gasteiger partial charge is 0.347 e. The zero-order valence-corrected chi connectivity index (χ0v) is 10.3. The first kappa shape index (κ1) is 11.6. The molecule has 1 amide bonds. The van der Waals surface area contributed by atoms with Crippen LogP contribution in [0.2, 0.25) is 0 Å². The maximum Gasteiger partial charge on any atom is 0.269 e. The SMILES string of the molecule is C=CCNC(=O)c1cc(-c2cccs2)nn1C. The number of aromatic nitrogens is 2. The number of amides is 1. The summed E-state index contributed by atoms with van der Waals surface area (Å²) in [6.45, 7) is 4.02. The van der Waals surface area contributed by atoms with Crippen molar-refractivity contribution in [1.29, 1.82) is 0 Å². The Bertz CT molecular complexity index is 528. The summed E-state index contributed by atoms with van der Waals surface area (Å²) in [6.07, 6.45) is 1.65. The molecule has 0 atom stereocenters. The maximum atomic E-state index is 11.8. The van der Waals surface area contributed by atoms with Gasteiger partial charge in [-0.3, -0.25) is 9.48 Å². The van der Waals surface area contributed by atoms with Crippen LogP contribution in [0.5, 0.6) is 0 Å². The highest BCUT2D eigenvalue weighted by Gasteiger charge is 2.13. The van der Waals surface area contributed by atoms with Gasteiger partial charge in [0.2, 0.25) is 0 Å². The molecule has 0 saturated carbocycles. The van der Waals surface area contributed by atoms with E-state index < -0.39 is 0 Å². The molecular formula is C12H13N3OS. The molecule has 1 N–H and O–H groups in total. The lowest BCUT2D eigenvalue weighted by molar-refractivity contribution is 0.0948. The number of hydrogen-bond acceptors (Lipinski definition) is 3. The number of rotatable bonds is 4. The lowest BCUT2D eigenvalue weighted by Gasteiger charge is -2.00. The molecule has 2 rings (SSSR count). The summed E-state index contributed by atoms with van der Waals surface area (Å²) in [6, 6.07) is 5.74. The van der Waals surface area contributed by atoms with Crippen molar-refractivity contribution < 1.29 is 4.79 Å². The molecule has 0 radical (unpaired) electrons.